The first-order chi connectivity index (χ1) is 14.9. The Hall–Kier alpha value is -4.11. The fourth-order valence-corrected chi connectivity index (χ4v) is 3.67. The molecule has 1 atom stereocenters. The maximum atomic E-state index is 13.1. The second-order valence-electron chi connectivity index (χ2n) is 7.20. The van der Waals surface area contributed by atoms with Crippen LogP contribution in [0.3, 0.4) is 0 Å². The zero-order valence-corrected chi connectivity index (χ0v) is 17.3. The Balaban J connectivity index is 1.88. The summed E-state index contributed by atoms with van der Waals surface area (Å²) in [6, 6.07) is 18.4. The van der Waals surface area contributed by atoms with Crippen molar-refractivity contribution in [2.24, 2.45) is 0 Å². The Bertz CT molecular complexity index is 1120. The molecule has 6 heteroatoms. The van der Waals surface area contributed by atoms with Crippen molar-refractivity contribution in [3.05, 3.63) is 99.9 Å². The Morgan fingerprint density at radius 1 is 1.06 bits per heavy atom. The van der Waals surface area contributed by atoms with E-state index in [0.29, 0.717) is 34.6 Å². The second kappa shape index (κ2) is 9.59. The van der Waals surface area contributed by atoms with Gasteiger partial charge in [0.15, 0.2) is 0 Å². The third-order valence-corrected chi connectivity index (χ3v) is 5.10. The van der Waals surface area contributed by atoms with Gasteiger partial charge in [-0.15, -0.1) is 0 Å². The molecule has 31 heavy (non-hydrogen) atoms. The van der Waals surface area contributed by atoms with Crippen molar-refractivity contribution < 1.29 is 14.7 Å². The molecule has 1 aliphatic rings. The van der Waals surface area contributed by atoms with Gasteiger partial charge in [0.05, 0.1) is 23.1 Å². The monoisotopic (exact) mass is 413 g/mol. The smallest absolute Gasteiger partial charge is 0.334 e. The maximum Gasteiger partial charge on any atom is 0.334 e. The lowest BCUT2D eigenvalue weighted by Crippen LogP contribution is -2.36. The Kier molecular flexibility index (Phi) is 6.68. The first kappa shape index (κ1) is 21.6. The van der Waals surface area contributed by atoms with E-state index in [2.05, 4.69) is 16.7 Å². The van der Waals surface area contributed by atoms with Crippen LogP contribution in [0.4, 0.5) is 0 Å². The Morgan fingerprint density at radius 2 is 1.71 bits per heavy atom. The van der Waals surface area contributed by atoms with Gasteiger partial charge in [0, 0.05) is 23.5 Å². The van der Waals surface area contributed by atoms with Crippen molar-refractivity contribution in [1.29, 1.82) is 5.26 Å². The summed E-state index contributed by atoms with van der Waals surface area (Å²) in [6.45, 7) is 3.74. The van der Waals surface area contributed by atoms with E-state index in [0.717, 1.165) is 5.56 Å². The van der Waals surface area contributed by atoms with Crippen molar-refractivity contribution in [2.45, 2.75) is 19.8 Å². The Morgan fingerprint density at radius 3 is 2.32 bits per heavy atom. The van der Waals surface area contributed by atoms with Crippen molar-refractivity contribution in [2.75, 3.05) is 6.54 Å². The number of carbonyl (C=O) groups is 2. The molecule has 3 rings (SSSR count). The predicted molar refractivity (Wildman–Crippen MR) is 119 cm³/mol. The number of amides is 1. The third-order valence-electron chi connectivity index (χ3n) is 5.10. The van der Waals surface area contributed by atoms with Gasteiger partial charge in [-0.1, -0.05) is 54.6 Å². The number of hydrogen-bond acceptors (Lipinski definition) is 4. The Labute approximate surface area is 181 Å². The highest BCUT2D eigenvalue weighted by atomic mass is 16.4. The van der Waals surface area contributed by atoms with Gasteiger partial charge < -0.3 is 15.7 Å². The lowest BCUT2D eigenvalue weighted by molar-refractivity contribution is -0.133. The minimum absolute atomic E-state index is 0.111. The van der Waals surface area contributed by atoms with Crippen LogP contribution in [0.15, 0.2) is 83.2 Å². The van der Waals surface area contributed by atoms with E-state index >= 15 is 0 Å². The lowest BCUT2D eigenvalue weighted by atomic mass is 9.80. The SMILES string of the molecule is CC1=C(C(=O)O)C(c2ccc(C#N)cc2)C(C(=O)NCC=Cc2ccccc2)=C(C)N1. The van der Waals surface area contributed by atoms with Gasteiger partial charge in [-0.05, 0) is 37.1 Å². The largest absolute Gasteiger partial charge is 0.478 e. The molecule has 2 aromatic rings. The quantitative estimate of drug-likeness (QED) is 0.670. The molecule has 0 aromatic heterocycles. The third kappa shape index (κ3) is 4.90. The highest BCUT2D eigenvalue weighted by Gasteiger charge is 2.36. The summed E-state index contributed by atoms with van der Waals surface area (Å²) in [5.41, 5.74) is 3.67. The zero-order chi connectivity index (χ0) is 22.4. The number of aliphatic carboxylic acids is 1. The van der Waals surface area contributed by atoms with Crippen LogP contribution in [0.2, 0.25) is 0 Å². The lowest BCUT2D eigenvalue weighted by Gasteiger charge is -2.30. The fourth-order valence-electron chi connectivity index (χ4n) is 3.67. The molecule has 1 amide bonds. The molecule has 0 bridgehead atoms. The number of nitrogens with zero attached hydrogens (tertiary/aromatic N) is 1. The summed E-state index contributed by atoms with van der Waals surface area (Å²) in [7, 11) is 0. The first-order valence-electron chi connectivity index (χ1n) is 9.84. The minimum Gasteiger partial charge on any atom is -0.478 e. The van der Waals surface area contributed by atoms with Gasteiger partial charge in [-0.25, -0.2) is 4.79 Å². The molecule has 2 aromatic carbocycles. The molecule has 156 valence electrons. The molecule has 1 heterocycles. The molecule has 0 saturated heterocycles. The van der Waals surface area contributed by atoms with Crippen LogP contribution < -0.4 is 10.6 Å². The van der Waals surface area contributed by atoms with Crippen molar-refractivity contribution in [3.8, 4) is 6.07 Å². The van der Waals surface area contributed by atoms with Crippen LogP contribution in [0.5, 0.6) is 0 Å². The molecule has 0 saturated carbocycles. The molecule has 3 N–H and O–H groups in total. The van der Waals surface area contributed by atoms with E-state index in [4.69, 9.17) is 5.26 Å². The summed E-state index contributed by atoms with van der Waals surface area (Å²) in [5, 5.41) is 24.8. The van der Waals surface area contributed by atoms with Gasteiger partial charge in [0.25, 0.3) is 0 Å². The molecular formula is C25H23N3O3. The van der Waals surface area contributed by atoms with E-state index < -0.39 is 11.9 Å². The number of carbonyl (C=O) groups excluding carboxylic acids is 1. The highest BCUT2D eigenvalue weighted by Crippen LogP contribution is 2.38. The van der Waals surface area contributed by atoms with Crippen LogP contribution >= 0.6 is 0 Å². The van der Waals surface area contributed by atoms with Gasteiger partial charge in [-0.2, -0.15) is 5.26 Å². The number of hydrogen-bond donors (Lipinski definition) is 3. The zero-order valence-electron chi connectivity index (χ0n) is 17.3. The van der Waals surface area contributed by atoms with Gasteiger partial charge >= 0.3 is 5.97 Å². The van der Waals surface area contributed by atoms with Crippen molar-refractivity contribution in [3.63, 3.8) is 0 Å². The molecular weight excluding hydrogens is 390 g/mol. The number of nitriles is 1. The number of carboxylic acids is 1. The van der Waals surface area contributed by atoms with Gasteiger partial charge in [-0.3, -0.25) is 4.79 Å². The number of carboxylic acid groups (broad SMARTS) is 1. The summed E-state index contributed by atoms with van der Waals surface area (Å²) in [4.78, 5) is 25.1. The maximum absolute atomic E-state index is 13.1. The van der Waals surface area contributed by atoms with Crippen molar-refractivity contribution in [1.82, 2.24) is 10.6 Å². The molecule has 0 spiro atoms. The highest BCUT2D eigenvalue weighted by molar-refractivity contribution is 6.01. The van der Waals surface area contributed by atoms with Crippen LogP contribution in [0.1, 0.15) is 36.5 Å². The van der Waals surface area contributed by atoms with Crippen LogP contribution in [0.25, 0.3) is 6.08 Å². The summed E-state index contributed by atoms with van der Waals surface area (Å²) in [6.07, 6.45) is 3.75. The van der Waals surface area contributed by atoms with Gasteiger partial charge in [0.2, 0.25) is 5.91 Å². The van der Waals surface area contributed by atoms with Crippen LogP contribution in [-0.2, 0) is 9.59 Å². The first-order valence-corrected chi connectivity index (χ1v) is 9.84. The van der Waals surface area contributed by atoms with Crippen LogP contribution in [0, 0.1) is 11.3 Å². The molecule has 0 aliphatic carbocycles. The normalized spacial score (nSPS) is 16.1. The average molecular weight is 413 g/mol. The number of nitrogens with one attached hydrogen (secondary N) is 2. The van der Waals surface area contributed by atoms with E-state index in [-0.39, 0.29) is 11.5 Å². The predicted octanol–water partition coefficient (Wildman–Crippen LogP) is 3.71. The summed E-state index contributed by atoms with van der Waals surface area (Å²) >= 11 is 0. The van der Waals surface area contributed by atoms with E-state index in [9.17, 15) is 14.7 Å². The van der Waals surface area contributed by atoms with E-state index in [1.165, 1.54) is 0 Å². The molecule has 0 radical (unpaired) electrons. The number of dihydropyridines is 1. The molecule has 6 nitrogen and oxygen atoms in total. The fraction of sp³-hybridized carbons (Fsp3) is 0.160. The topological polar surface area (TPSA) is 102 Å². The molecule has 1 unspecified atom stereocenters. The second-order valence-corrected chi connectivity index (χ2v) is 7.20. The number of benzene rings is 2. The standard InChI is InChI=1S/C25H23N3O3/c1-16-21(24(29)27-14-6-9-18-7-4-3-5-8-18)23(22(25(30)31)17(2)28-16)20-12-10-19(15-26)11-13-20/h3-13,23,28H,14H2,1-2H3,(H,27,29)(H,30,31). The van der Waals surface area contributed by atoms with E-state index in [1.54, 1.807) is 38.1 Å². The number of rotatable bonds is 6. The number of allylic oxidation sites excluding steroid dienone is 2. The van der Waals surface area contributed by atoms with E-state index in [1.807, 2.05) is 42.5 Å². The van der Waals surface area contributed by atoms with Crippen LogP contribution in [-0.4, -0.2) is 23.5 Å². The molecule has 0 fully saturated rings. The van der Waals surface area contributed by atoms with Gasteiger partial charge in [0.1, 0.15) is 0 Å². The summed E-state index contributed by atoms with van der Waals surface area (Å²) < 4.78 is 0. The van der Waals surface area contributed by atoms with Crippen molar-refractivity contribution >= 4 is 18.0 Å². The summed E-state index contributed by atoms with van der Waals surface area (Å²) in [5.74, 6) is -2.19. The average Bonchev–Trinajstić information content (AvgIpc) is 2.76. The molecule has 1 aliphatic heterocycles. The minimum atomic E-state index is -1.10.